The lowest BCUT2D eigenvalue weighted by atomic mass is 10.0. The molecule has 0 saturated carbocycles. The summed E-state index contributed by atoms with van der Waals surface area (Å²) >= 11 is 0. The average molecular weight is 238 g/mol. The molecular weight excluding hydrogens is 216 g/mol. The molecule has 4 nitrogen and oxygen atoms in total. The average Bonchev–Trinajstić information content (AvgIpc) is 2.31. The highest BCUT2D eigenvalue weighted by Gasteiger charge is 2.17. The van der Waals surface area contributed by atoms with Crippen LogP contribution in [0.1, 0.15) is 26.7 Å². The summed E-state index contributed by atoms with van der Waals surface area (Å²) in [6.45, 7) is 7.60. The molecule has 1 unspecified atom stereocenters. The Labute approximate surface area is 103 Å². The third-order valence-electron chi connectivity index (χ3n) is 2.42. The number of allylic oxidation sites excluding steroid dienone is 2. The molecule has 0 aliphatic carbocycles. The van der Waals surface area contributed by atoms with Crippen molar-refractivity contribution in [3.63, 3.8) is 0 Å². The molecule has 3 N–H and O–H groups in total. The van der Waals surface area contributed by atoms with E-state index in [-0.39, 0.29) is 0 Å². The van der Waals surface area contributed by atoms with E-state index in [4.69, 9.17) is 5.73 Å². The Morgan fingerprint density at radius 3 is 2.41 bits per heavy atom. The Kier molecular flexibility index (Phi) is 7.14. The predicted molar refractivity (Wildman–Crippen MR) is 69.4 cm³/mol. The summed E-state index contributed by atoms with van der Waals surface area (Å²) in [5, 5.41) is 2.92. The number of rotatable bonds is 8. The quantitative estimate of drug-likeness (QED) is 0.378. The van der Waals surface area contributed by atoms with Crippen LogP contribution in [0.3, 0.4) is 0 Å². The van der Waals surface area contributed by atoms with Gasteiger partial charge in [-0.1, -0.05) is 19.9 Å². The Bertz CT molecular complexity index is 319. The highest BCUT2D eigenvalue weighted by Crippen LogP contribution is 2.09. The molecule has 0 rings (SSSR count). The number of nitrogens with one attached hydrogen (secondary N) is 1. The second-order valence-electron chi connectivity index (χ2n) is 4.34. The predicted octanol–water partition coefficient (Wildman–Crippen LogP) is 1.18. The van der Waals surface area contributed by atoms with Gasteiger partial charge in [-0.2, -0.15) is 0 Å². The monoisotopic (exact) mass is 238 g/mol. The van der Waals surface area contributed by atoms with Crippen LogP contribution in [-0.4, -0.2) is 24.7 Å². The fourth-order valence-electron chi connectivity index (χ4n) is 1.21. The molecule has 0 aromatic rings. The molecule has 4 heteroatoms. The number of carbonyl (C=O) groups is 2. The van der Waals surface area contributed by atoms with E-state index in [2.05, 4.69) is 25.7 Å². The van der Waals surface area contributed by atoms with Gasteiger partial charge in [-0.25, -0.2) is 0 Å². The molecule has 0 radical (unpaired) electrons. The number of carbonyl (C=O) groups excluding carboxylic acids is 2. The zero-order valence-electron chi connectivity index (χ0n) is 10.8. The second-order valence-corrected chi connectivity index (χ2v) is 4.34. The lowest BCUT2D eigenvalue weighted by Gasteiger charge is -2.09. The number of ketones is 2. The van der Waals surface area contributed by atoms with Crippen molar-refractivity contribution in [3.05, 3.63) is 24.4 Å². The normalized spacial score (nSPS) is 13.4. The van der Waals surface area contributed by atoms with Crippen molar-refractivity contribution in [2.24, 2.45) is 11.7 Å². The molecule has 96 valence electrons. The van der Waals surface area contributed by atoms with E-state index in [1.807, 2.05) is 0 Å². The number of Topliss-reactive ketones (excluding diaryl/α,β-unsaturated/α-hetero) is 1. The lowest BCUT2D eigenvalue weighted by Crippen LogP contribution is -2.33. The third kappa shape index (κ3) is 6.02. The first-order chi connectivity index (χ1) is 7.92. The molecule has 0 heterocycles. The zero-order chi connectivity index (χ0) is 13.4. The van der Waals surface area contributed by atoms with Crippen molar-refractivity contribution >= 4 is 11.6 Å². The smallest absolute Gasteiger partial charge is 0.225 e. The van der Waals surface area contributed by atoms with Gasteiger partial charge >= 0.3 is 0 Å². The van der Waals surface area contributed by atoms with Gasteiger partial charge in [-0.05, 0) is 18.8 Å². The molecule has 17 heavy (non-hydrogen) atoms. The van der Waals surface area contributed by atoms with Crippen LogP contribution in [0.5, 0.6) is 0 Å². The molecule has 0 spiro atoms. The van der Waals surface area contributed by atoms with Crippen LogP contribution >= 0.6 is 0 Å². The topological polar surface area (TPSA) is 72.2 Å². The van der Waals surface area contributed by atoms with Crippen LogP contribution in [0.2, 0.25) is 0 Å². The van der Waals surface area contributed by atoms with Gasteiger partial charge in [0.25, 0.3) is 0 Å². The first-order valence-corrected chi connectivity index (χ1v) is 5.77. The molecule has 0 amide bonds. The summed E-state index contributed by atoms with van der Waals surface area (Å²) in [6, 6.07) is -0.915. The molecule has 0 aromatic heterocycles. The van der Waals surface area contributed by atoms with Gasteiger partial charge in [-0.15, -0.1) is 6.58 Å². The maximum absolute atomic E-state index is 11.6. The maximum Gasteiger partial charge on any atom is 0.225 e. The van der Waals surface area contributed by atoms with E-state index in [9.17, 15) is 9.59 Å². The highest BCUT2D eigenvalue weighted by molar-refractivity contribution is 6.43. The van der Waals surface area contributed by atoms with Crippen molar-refractivity contribution in [2.75, 3.05) is 7.05 Å². The van der Waals surface area contributed by atoms with E-state index in [1.54, 1.807) is 7.05 Å². The van der Waals surface area contributed by atoms with E-state index < -0.39 is 17.6 Å². The van der Waals surface area contributed by atoms with E-state index >= 15 is 0 Å². The molecule has 0 aliphatic heterocycles. The van der Waals surface area contributed by atoms with Crippen molar-refractivity contribution in [1.82, 2.24) is 5.32 Å². The van der Waals surface area contributed by atoms with Crippen molar-refractivity contribution in [1.29, 1.82) is 0 Å². The lowest BCUT2D eigenvalue weighted by molar-refractivity contribution is -0.134. The van der Waals surface area contributed by atoms with Gasteiger partial charge in [-0.3, -0.25) is 9.59 Å². The first kappa shape index (κ1) is 15.6. The Hall–Kier alpha value is -1.42. The van der Waals surface area contributed by atoms with Crippen molar-refractivity contribution < 1.29 is 9.59 Å². The van der Waals surface area contributed by atoms with Gasteiger partial charge in [0.2, 0.25) is 11.6 Å². The molecule has 0 aliphatic rings. The first-order valence-electron chi connectivity index (χ1n) is 5.77. The Morgan fingerprint density at radius 1 is 1.41 bits per heavy atom. The largest absolute Gasteiger partial charge is 0.391 e. The summed E-state index contributed by atoms with van der Waals surface area (Å²) in [6.07, 6.45) is 4.30. The van der Waals surface area contributed by atoms with Crippen LogP contribution in [0.15, 0.2) is 24.4 Å². The maximum atomic E-state index is 11.6. The van der Waals surface area contributed by atoms with E-state index in [1.165, 1.54) is 12.2 Å². The van der Waals surface area contributed by atoms with E-state index in [0.29, 0.717) is 5.92 Å². The van der Waals surface area contributed by atoms with Crippen LogP contribution in [0.25, 0.3) is 0 Å². The molecular formula is C13H22N2O2. The highest BCUT2D eigenvalue weighted by atomic mass is 16.2. The molecule has 0 fully saturated rings. The summed E-state index contributed by atoms with van der Waals surface area (Å²) in [5.41, 5.74) is 6.18. The summed E-state index contributed by atoms with van der Waals surface area (Å²) in [5.74, 6) is -0.657. The molecule has 0 saturated heterocycles. The number of hydrogen-bond acceptors (Lipinski definition) is 4. The fraction of sp³-hybridized carbons (Fsp3) is 0.538. The fourth-order valence-corrected chi connectivity index (χ4v) is 1.21. The third-order valence-corrected chi connectivity index (χ3v) is 2.42. The summed E-state index contributed by atoms with van der Waals surface area (Å²) < 4.78 is 0. The zero-order valence-corrected chi connectivity index (χ0v) is 10.8. The van der Waals surface area contributed by atoms with Gasteiger partial charge in [0, 0.05) is 18.8 Å². The minimum Gasteiger partial charge on any atom is -0.391 e. The summed E-state index contributed by atoms with van der Waals surface area (Å²) in [4.78, 5) is 23.0. The van der Waals surface area contributed by atoms with Gasteiger partial charge in [0.1, 0.15) is 0 Å². The van der Waals surface area contributed by atoms with E-state index in [0.717, 1.165) is 18.5 Å². The Balaban J connectivity index is 4.56. The van der Waals surface area contributed by atoms with Crippen LogP contribution in [0, 0.1) is 5.92 Å². The Morgan fingerprint density at radius 2 is 2.00 bits per heavy atom. The second kappa shape index (κ2) is 7.79. The number of nitrogens with two attached hydrogens (primary N) is 1. The van der Waals surface area contributed by atoms with Crippen molar-refractivity contribution in [2.45, 2.75) is 32.7 Å². The van der Waals surface area contributed by atoms with Crippen LogP contribution < -0.4 is 11.1 Å². The van der Waals surface area contributed by atoms with Gasteiger partial charge in [0.15, 0.2) is 0 Å². The standard InChI is InChI=1S/C13H22N2O2/c1-5-11(14)13(17)12(16)8-10(15-4)7-6-9(2)3/h5,8-9,11,15H,1,6-7,14H2,2-4H3. The molecule has 0 bridgehead atoms. The van der Waals surface area contributed by atoms with Gasteiger partial charge in [0.05, 0.1) is 6.04 Å². The minimum atomic E-state index is -0.915. The van der Waals surface area contributed by atoms with Gasteiger partial charge < -0.3 is 11.1 Å². The number of hydrogen-bond donors (Lipinski definition) is 2. The summed E-state index contributed by atoms with van der Waals surface area (Å²) in [7, 11) is 1.73. The minimum absolute atomic E-state index is 0.549. The SMILES string of the molecule is C=CC(N)C(=O)C(=O)C=C(CCC(C)C)NC. The van der Waals surface area contributed by atoms with Crippen LogP contribution in [-0.2, 0) is 9.59 Å². The van der Waals surface area contributed by atoms with Crippen LogP contribution in [0.4, 0.5) is 0 Å². The molecule has 1 atom stereocenters. The molecule has 0 aromatic carbocycles. The van der Waals surface area contributed by atoms with Crippen molar-refractivity contribution in [3.8, 4) is 0 Å².